The molecule has 0 fully saturated rings. The number of nitrogens with zero attached hydrogens (tertiary/aromatic N) is 4. The molecular formula is C55H58Cl2F3N7O8. The SMILES string of the molecule is CC(=O)c1nc(-c2ccc(CC(CCO)NC(=O)c3ccc(OC(C)C(F)(F)F)c(Cl)c3)cc2)cn1C.Cc1cccn2cc(-c3ccc(CC(CNC(=O)CO)NC(=O)c4ccc(OC(C)C)c(Cl)c4)cc3)nc12. The average molecular weight is 1070 g/mol. The number of Topliss-reactive ketones (excluding diaryl/α,β-unsaturated/α-hetero) is 1. The number of ether oxygens (including phenoxy) is 2. The van der Waals surface area contributed by atoms with Crippen LogP contribution in [0.4, 0.5) is 13.2 Å². The van der Waals surface area contributed by atoms with Gasteiger partial charge in [0.1, 0.15) is 23.8 Å². The lowest BCUT2D eigenvalue weighted by Crippen LogP contribution is -2.45. The fourth-order valence-electron chi connectivity index (χ4n) is 7.79. The lowest BCUT2D eigenvalue weighted by molar-refractivity contribution is -0.189. The first-order chi connectivity index (χ1) is 35.6. The molecule has 3 atom stereocenters. The number of halogens is 5. The van der Waals surface area contributed by atoms with E-state index in [0.717, 1.165) is 46.1 Å². The fraction of sp³-hybridized carbons (Fsp3) is 0.309. The minimum absolute atomic E-state index is 0.0464. The molecule has 4 aromatic carbocycles. The number of aromatic nitrogens is 4. The number of fused-ring (bicyclic) bond motifs is 1. The Balaban J connectivity index is 0.000000244. The molecule has 15 nitrogen and oxygen atoms in total. The van der Waals surface area contributed by atoms with Crippen LogP contribution < -0.4 is 25.4 Å². The summed E-state index contributed by atoms with van der Waals surface area (Å²) in [5, 5.41) is 27.2. The Morgan fingerprint density at radius 2 is 1.27 bits per heavy atom. The number of nitrogens with one attached hydrogen (secondary N) is 3. The number of aliphatic hydroxyl groups excluding tert-OH is 2. The number of amides is 3. The number of ketones is 1. The van der Waals surface area contributed by atoms with E-state index in [1.807, 2.05) is 98.2 Å². The molecule has 0 saturated heterocycles. The number of carbonyl (C=O) groups is 4. The molecule has 7 aromatic rings. The predicted molar refractivity (Wildman–Crippen MR) is 281 cm³/mol. The molecule has 0 aliphatic rings. The van der Waals surface area contributed by atoms with Crippen LogP contribution in [0.15, 0.2) is 116 Å². The van der Waals surface area contributed by atoms with E-state index in [-0.39, 0.29) is 53.7 Å². The van der Waals surface area contributed by atoms with Crippen molar-refractivity contribution in [3.8, 4) is 34.0 Å². The lowest BCUT2D eigenvalue weighted by Gasteiger charge is -2.20. The zero-order valence-corrected chi connectivity index (χ0v) is 43.6. The number of benzene rings is 4. The van der Waals surface area contributed by atoms with Gasteiger partial charge in [0.25, 0.3) is 11.8 Å². The molecule has 0 aliphatic heterocycles. The zero-order valence-electron chi connectivity index (χ0n) is 42.0. The standard InChI is InChI=1S/C29H31ClN4O4.C26H27ClF3N3O4/c1-18(2)38-26-11-10-22(14-24(26)30)29(37)32-23(15-31-27(36)17-35)13-20-6-8-21(9-7-20)25-16-34-12-4-5-19(3)28(34)33-25;1-15(35)24-32-22(14-33(24)3)18-6-4-17(5-7-18)12-20(10-11-34)31-25(36)19-8-9-23(21(27)13-19)37-16(2)26(28,29)30/h4-12,14,16,18,23,35H,13,15,17H2,1-3H3,(H,31,36)(H,32,37);4-9,13-14,16,20,34H,10-12H2,1-3H3,(H,31,36). The van der Waals surface area contributed by atoms with Crippen LogP contribution in [-0.4, -0.2) is 103 Å². The Morgan fingerprint density at radius 3 is 1.75 bits per heavy atom. The minimum Gasteiger partial charge on any atom is -0.489 e. The van der Waals surface area contributed by atoms with Crippen LogP contribution >= 0.6 is 23.2 Å². The normalized spacial score (nSPS) is 12.6. The van der Waals surface area contributed by atoms with Crippen LogP contribution in [0.3, 0.4) is 0 Å². The van der Waals surface area contributed by atoms with Gasteiger partial charge in [-0.3, -0.25) is 19.2 Å². The monoisotopic (exact) mass is 1070 g/mol. The first-order valence-corrected chi connectivity index (χ1v) is 24.6. The molecule has 3 unspecified atom stereocenters. The first-order valence-electron chi connectivity index (χ1n) is 23.9. The highest BCUT2D eigenvalue weighted by Gasteiger charge is 2.38. The van der Waals surface area contributed by atoms with Crippen LogP contribution in [0.5, 0.6) is 11.5 Å². The van der Waals surface area contributed by atoms with E-state index in [4.69, 9.17) is 42.8 Å². The number of rotatable bonds is 20. The van der Waals surface area contributed by atoms with E-state index in [1.165, 1.54) is 25.1 Å². The van der Waals surface area contributed by atoms with Gasteiger partial charge in [-0.25, -0.2) is 9.97 Å². The van der Waals surface area contributed by atoms with E-state index in [0.29, 0.717) is 40.7 Å². The van der Waals surface area contributed by atoms with Gasteiger partial charge in [0.2, 0.25) is 5.91 Å². The summed E-state index contributed by atoms with van der Waals surface area (Å²) in [5.41, 5.74) is 7.73. The molecule has 3 aromatic heterocycles. The van der Waals surface area contributed by atoms with Gasteiger partial charge in [0, 0.05) is 74.0 Å². The van der Waals surface area contributed by atoms with E-state index in [9.17, 15) is 37.5 Å². The molecule has 7 rings (SSSR count). The number of carbonyl (C=O) groups excluding carboxylic acids is 4. The van der Waals surface area contributed by atoms with Crippen LogP contribution in [0, 0.1) is 6.92 Å². The lowest BCUT2D eigenvalue weighted by atomic mass is 10.0. The molecule has 396 valence electrons. The summed E-state index contributed by atoms with van der Waals surface area (Å²) in [4.78, 5) is 58.2. The maximum atomic E-state index is 13.0. The summed E-state index contributed by atoms with van der Waals surface area (Å²) in [6.45, 7) is 7.51. The number of hydrogen-bond acceptors (Lipinski definition) is 10. The molecule has 0 bridgehead atoms. The molecule has 0 radical (unpaired) electrons. The highest BCUT2D eigenvalue weighted by Crippen LogP contribution is 2.31. The van der Waals surface area contributed by atoms with Crippen LogP contribution in [0.2, 0.25) is 10.0 Å². The van der Waals surface area contributed by atoms with Gasteiger partial charge in [-0.15, -0.1) is 0 Å². The van der Waals surface area contributed by atoms with Crippen molar-refractivity contribution in [1.29, 1.82) is 0 Å². The van der Waals surface area contributed by atoms with E-state index >= 15 is 0 Å². The number of alkyl halides is 3. The van der Waals surface area contributed by atoms with Crippen molar-refractivity contribution < 1.29 is 52.0 Å². The van der Waals surface area contributed by atoms with Crippen molar-refractivity contribution in [3.63, 3.8) is 0 Å². The number of pyridine rings is 1. The molecule has 5 N–H and O–H groups in total. The van der Waals surface area contributed by atoms with Crippen molar-refractivity contribution in [2.45, 2.75) is 84.3 Å². The van der Waals surface area contributed by atoms with Crippen LogP contribution in [-0.2, 0) is 24.7 Å². The zero-order chi connectivity index (χ0) is 54.6. The van der Waals surface area contributed by atoms with Crippen LogP contribution in [0.25, 0.3) is 28.2 Å². The Bertz CT molecular complexity index is 3110. The molecule has 20 heteroatoms. The minimum atomic E-state index is -4.55. The van der Waals surface area contributed by atoms with Gasteiger partial charge in [0.15, 0.2) is 17.7 Å². The van der Waals surface area contributed by atoms with E-state index in [1.54, 1.807) is 36.0 Å². The summed E-state index contributed by atoms with van der Waals surface area (Å²) < 4.78 is 52.4. The third-order valence-corrected chi connectivity index (χ3v) is 12.3. The summed E-state index contributed by atoms with van der Waals surface area (Å²) in [6.07, 6.45) is 0.250. The summed E-state index contributed by atoms with van der Waals surface area (Å²) in [6, 6.07) is 27.2. The summed E-state index contributed by atoms with van der Waals surface area (Å²) >= 11 is 12.4. The van der Waals surface area contributed by atoms with E-state index in [2.05, 4.69) is 20.9 Å². The number of aryl methyl sites for hydroxylation is 2. The molecule has 3 heterocycles. The first kappa shape index (κ1) is 57.0. The van der Waals surface area contributed by atoms with E-state index < -0.39 is 42.8 Å². The number of aliphatic hydroxyl groups is 2. The second kappa shape index (κ2) is 25.8. The Hall–Kier alpha value is -7.25. The number of imidazole rings is 2. The molecule has 0 aliphatic carbocycles. The maximum Gasteiger partial charge on any atom is 0.425 e. The Morgan fingerprint density at radius 1 is 0.733 bits per heavy atom. The van der Waals surface area contributed by atoms with Gasteiger partial charge in [-0.05, 0) is 106 Å². The summed E-state index contributed by atoms with van der Waals surface area (Å²) in [7, 11) is 1.75. The second-order valence-corrected chi connectivity index (χ2v) is 18.9. The molecule has 0 spiro atoms. The average Bonchev–Trinajstić information content (AvgIpc) is 3.99. The van der Waals surface area contributed by atoms with Gasteiger partial charge in [0.05, 0.1) is 33.6 Å². The third kappa shape index (κ3) is 15.9. The molecule has 3 amide bonds. The van der Waals surface area contributed by atoms with Gasteiger partial charge in [-0.1, -0.05) is 77.8 Å². The quantitative estimate of drug-likeness (QED) is 0.0459. The van der Waals surface area contributed by atoms with Crippen LogP contribution in [0.1, 0.15) is 82.1 Å². The molecule has 75 heavy (non-hydrogen) atoms. The predicted octanol–water partition coefficient (Wildman–Crippen LogP) is 9.20. The third-order valence-electron chi connectivity index (χ3n) is 11.7. The number of hydrogen-bond donors (Lipinski definition) is 5. The topological polar surface area (TPSA) is 198 Å². The smallest absolute Gasteiger partial charge is 0.425 e. The van der Waals surface area contributed by atoms with Crippen molar-refractivity contribution in [3.05, 3.63) is 159 Å². The molecule has 0 saturated carbocycles. The highest BCUT2D eigenvalue weighted by molar-refractivity contribution is 6.32. The van der Waals surface area contributed by atoms with Crippen molar-refractivity contribution in [1.82, 2.24) is 34.9 Å². The Kier molecular flexibility index (Phi) is 19.6. The van der Waals surface area contributed by atoms with Gasteiger partial charge < -0.3 is 44.6 Å². The second-order valence-electron chi connectivity index (χ2n) is 18.0. The fourth-order valence-corrected chi connectivity index (χ4v) is 8.24. The van der Waals surface area contributed by atoms with Gasteiger partial charge >= 0.3 is 6.18 Å². The van der Waals surface area contributed by atoms with Crippen molar-refractivity contribution in [2.24, 2.45) is 7.05 Å². The Labute approximate surface area is 442 Å². The van der Waals surface area contributed by atoms with Crippen molar-refractivity contribution in [2.75, 3.05) is 19.8 Å². The van der Waals surface area contributed by atoms with Gasteiger partial charge in [-0.2, -0.15) is 13.2 Å². The largest absolute Gasteiger partial charge is 0.489 e. The summed E-state index contributed by atoms with van der Waals surface area (Å²) in [5.74, 6) is -0.781. The maximum absolute atomic E-state index is 13.0. The highest BCUT2D eigenvalue weighted by atomic mass is 35.5. The van der Waals surface area contributed by atoms with Crippen molar-refractivity contribution >= 4 is 52.4 Å². The molecular weight excluding hydrogens is 1010 g/mol.